The van der Waals surface area contributed by atoms with Gasteiger partial charge < -0.3 is 0 Å². The number of aromatic nitrogens is 3. The van der Waals surface area contributed by atoms with Gasteiger partial charge in [0, 0.05) is 0 Å². The van der Waals surface area contributed by atoms with Crippen LogP contribution in [-0.2, 0) is 10.1 Å². The minimum absolute atomic E-state index is 0.174. The molecule has 0 radical (unpaired) electrons. The number of azo groups is 1. The van der Waals surface area contributed by atoms with Gasteiger partial charge in [-0.05, 0) is 30.3 Å². The maximum Gasteiger partial charge on any atom is 0.294 e. The van der Waals surface area contributed by atoms with Gasteiger partial charge in [0.2, 0.25) is 0 Å². The first kappa shape index (κ1) is 15.9. The highest BCUT2D eigenvalue weighted by molar-refractivity contribution is 7.85. The first-order chi connectivity index (χ1) is 12.5. The van der Waals surface area contributed by atoms with Crippen LogP contribution in [0.25, 0.3) is 16.7 Å². The van der Waals surface area contributed by atoms with Crippen LogP contribution >= 0.6 is 0 Å². The average Bonchev–Trinajstić information content (AvgIpc) is 3.15. The first-order valence-corrected chi connectivity index (χ1v) is 8.80. The van der Waals surface area contributed by atoms with Crippen LogP contribution in [0.5, 0.6) is 0 Å². The molecule has 2 heterocycles. The Hall–Kier alpha value is -3.55. The van der Waals surface area contributed by atoms with Crippen LogP contribution in [0.3, 0.4) is 0 Å². The molecule has 128 valence electrons. The lowest BCUT2D eigenvalue weighted by Crippen LogP contribution is -1.96. The van der Waals surface area contributed by atoms with Crippen molar-refractivity contribution in [1.82, 2.24) is 14.6 Å². The van der Waals surface area contributed by atoms with Crippen LogP contribution in [-0.4, -0.2) is 27.6 Å². The van der Waals surface area contributed by atoms with E-state index in [9.17, 15) is 13.7 Å². The Morgan fingerprint density at radius 1 is 1.15 bits per heavy atom. The van der Waals surface area contributed by atoms with E-state index in [2.05, 4.69) is 20.3 Å². The second-order valence-corrected chi connectivity index (χ2v) is 6.80. The van der Waals surface area contributed by atoms with Crippen LogP contribution in [0.4, 0.5) is 11.4 Å². The summed E-state index contributed by atoms with van der Waals surface area (Å²) in [5.41, 5.74) is 2.56. The van der Waals surface area contributed by atoms with Gasteiger partial charge in [-0.25, -0.2) is 9.50 Å². The predicted octanol–water partition coefficient (Wildman–Crippen LogP) is 3.35. The standard InChI is InChI=1S/C16H10N6O3S/c17-9-13-15(16-18-12-6-1-2-7-14(12)22(16)21-13)20-19-10-4-3-5-11(8-10)26(23,24)25/h1-8,21H,(H,23,24,25). The van der Waals surface area contributed by atoms with Gasteiger partial charge in [0.25, 0.3) is 10.1 Å². The normalized spacial score (nSPS) is 12.2. The number of para-hydroxylation sites is 2. The molecule has 0 unspecified atom stereocenters. The summed E-state index contributed by atoms with van der Waals surface area (Å²) in [6.07, 6.45) is 0. The van der Waals surface area contributed by atoms with E-state index in [1.165, 1.54) is 24.3 Å². The van der Waals surface area contributed by atoms with Crippen molar-refractivity contribution >= 4 is 38.2 Å². The summed E-state index contributed by atoms with van der Waals surface area (Å²) in [7, 11) is -4.34. The van der Waals surface area contributed by atoms with E-state index in [1.54, 1.807) is 4.52 Å². The van der Waals surface area contributed by atoms with E-state index in [-0.39, 0.29) is 22.0 Å². The molecule has 26 heavy (non-hydrogen) atoms. The van der Waals surface area contributed by atoms with Gasteiger partial charge in [-0.2, -0.15) is 18.8 Å². The zero-order valence-corrected chi connectivity index (χ0v) is 13.8. The third-order valence-electron chi connectivity index (χ3n) is 3.73. The van der Waals surface area contributed by atoms with E-state index in [0.717, 1.165) is 11.0 Å². The fourth-order valence-electron chi connectivity index (χ4n) is 2.56. The summed E-state index contributed by atoms with van der Waals surface area (Å²) in [4.78, 5) is 4.15. The third-order valence-corrected chi connectivity index (χ3v) is 4.58. The molecule has 0 spiro atoms. The molecule has 10 heteroatoms. The highest BCUT2D eigenvalue weighted by atomic mass is 32.2. The van der Waals surface area contributed by atoms with Gasteiger partial charge in [-0.15, -0.1) is 5.11 Å². The van der Waals surface area contributed by atoms with Crippen LogP contribution in [0.1, 0.15) is 5.69 Å². The molecule has 4 aromatic rings. The van der Waals surface area contributed by atoms with E-state index in [1.807, 2.05) is 30.3 Å². The van der Waals surface area contributed by atoms with Gasteiger partial charge in [-0.1, -0.05) is 18.2 Å². The Bertz CT molecular complexity index is 1330. The number of fused-ring (bicyclic) bond motifs is 3. The minimum atomic E-state index is -4.34. The predicted molar refractivity (Wildman–Crippen MR) is 92.2 cm³/mol. The van der Waals surface area contributed by atoms with Crippen molar-refractivity contribution in [3.8, 4) is 6.07 Å². The van der Waals surface area contributed by atoms with Gasteiger partial charge >= 0.3 is 0 Å². The number of nitrogens with one attached hydrogen (secondary N) is 1. The highest BCUT2D eigenvalue weighted by Gasteiger charge is 2.16. The SMILES string of the molecule is N#Cc1[nH]n2c(nc3ccccc32)c1N=Nc1cccc(S(=O)(=O)O)c1. The van der Waals surface area contributed by atoms with E-state index >= 15 is 0 Å². The maximum atomic E-state index is 11.2. The number of H-pyrrole nitrogens is 1. The first-order valence-electron chi connectivity index (χ1n) is 7.36. The molecule has 0 aliphatic carbocycles. The second kappa shape index (κ2) is 5.76. The Balaban J connectivity index is 1.84. The maximum absolute atomic E-state index is 11.2. The highest BCUT2D eigenvalue weighted by Crippen LogP contribution is 2.30. The van der Waals surface area contributed by atoms with Crippen molar-refractivity contribution in [3.05, 3.63) is 54.2 Å². The average molecular weight is 366 g/mol. The lowest BCUT2D eigenvalue weighted by atomic mass is 10.3. The second-order valence-electron chi connectivity index (χ2n) is 5.38. The number of imidazole rings is 1. The van der Waals surface area contributed by atoms with Crippen molar-refractivity contribution in [2.45, 2.75) is 4.90 Å². The molecule has 0 saturated carbocycles. The van der Waals surface area contributed by atoms with Crippen LogP contribution < -0.4 is 0 Å². The van der Waals surface area contributed by atoms with Crippen LogP contribution in [0, 0.1) is 11.3 Å². The summed E-state index contributed by atoms with van der Waals surface area (Å²) in [6.45, 7) is 0. The molecule has 0 fully saturated rings. The largest absolute Gasteiger partial charge is 0.294 e. The number of nitrogens with zero attached hydrogens (tertiary/aromatic N) is 5. The lowest BCUT2D eigenvalue weighted by Gasteiger charge is -1.97. The number of aromatic amines is 1. The number of benzene rings is 2. The molecule has 0 bridgehead atoms. The molecular formula is C16H10N6O3S. The van der Waals surface area contributed by atoms with E-state index < -0.39 is 10.1 Å². The molecule has 0 amide bonds. The number of hydrogen-bond acceptors (Lipinski definition) is 6. The zero-order valence-electron chi connectivity index (χ0n) is 13.0. The quantitative estimate of drug-likeness (QED) is 0.423. The summed E-state index contributed by atoms with van der Waals surface area (Å²) in [6, 6.07) is 14.8. The van der Waals surface area contributed by atoms with Crippen molar-refractivity contribution in [2.75, 3.05) is 0 Å². The monoisotopic (exact) mass is 366 g/mol. The molecule has 0 saturated heterocycles. The fourth-order valence-corrected chi connectivity index (χ4v) is 3.08. The zero-order chi connectivity index (χ0) is 18.3. The molecule has 0 aliphatic rings. The van der Waals surface area contributed by atoms with Crippen LogP contribution in [0.2, 0.25) is 0 Å². The lowest BCUT2D eigenvalue weighted by molar-refractivity contribution is 0.483. The Labute approximate surface area is 147 Å². The summed E-state index contributed by atoms with van der Waals surface area (Å²) in [5, 5.41) is 20.3. The topological polar surface area (TPSA) is 136 Å². The Morgan fingerprint density at radius 3 is 2.73 bits per heavy atom. The molecule has 2 N–H and O–H groups in total. The third kappa shape index (κ3) is 2.61. The Kier molecular flexibility index (Phi) is 3.54. The number of hydrogen-bond donors (Lipinski definition) is 2. The van der Waals surface area contributed by atoms with E-state index in [0.29, 0.717) is 5.65 Å². The molecular weight excluding hydrogens is 356 g/mol. The molecule has 9 nitrogen and oxygen atoms in total. The van der Waals surface area contributed by atoms with Crippen molar-refractivity contribution < 1.29 is 13.0 Å². The van der Waals surface area contributed by atoms with E-state index in [4.69, 9.17) is 4.55 Å². The van der Waals surface area contributed by atoms with Crippen molar-refractivity contribution in [3.63, 3.8) is 0 Å². The van der Waals surface area contributed by atoms with Crippen molar-refractivity contribution in [2.24, 2.45) is 10.2 Å². The van der Waals surface area contributed by atoms with Gasteiger partial charge in [0.1, 0.15) is 6.07 Å². The number of rotatable bonds is 3. The van der Waals surface area contributed by atoms with Crippen LogP contribution in [0.15, 0.2) is 63.7 Å². The van der Waals surface area contributed by atoms with Crippen molar-refractivity contribution in [1.29, 1.82) is 5.26 Å². The van der Waals surface area contributed by atoms with Gasteiger partial charge in [0.15, 0.2) is 17.0 Å². The minimum Gasteiger partial charge on any atom is -0.282 e. The smallest absolute Gasteiger partial charge is 0.282 e. The molecule has 4 rings (SSSR count). The Morgan fingerprint density at radius 2 is 1.96 bits per heavy atom. The summed E-state index contributed by atoms with van der Waals surface area (Å²) >= 11 is 0. The molecule has 2 aromatic carbocycles. The number of nitriles is 1. The summed E-state index contributed by atoms with van der Waals surface area (Å²) in [5.74, 6) is 0. The molecule has 0 aliphatic heterocycles. The molecule has 0 atom stereocenters. The van der Waals surface area contributed by atoms with Gasteiger partial charge in [0.05, 0.1) is 21.6 Å². The van der Waals surface area contributed by atoms with Gasteiger partial charge in [-0.3, -0.25) is 9.65 Å². The fraction of sp³-hybridized carbons (Fsp3) is 0. The molecule has 2 aromatic heterocycles. The summed E-state index contributed by atoms with van der Waals surface area (Å²) < 4.78 is 33.2.